The van der Waals surface area contributed by atoms with Crippen molar-refractivity contribution in [3.63, 3.8) is 0 Å². The zero-order valence-electron chi connectivity index (χ0n) is 39.5. The van der Waals surface area contributed by atoms with Gasteiger partial charge >= 0.3 is 11.9 Å². The summed E-state index contributed by atoms with van der Waals surface area (Å²) < 4.78 is 0. The van der Waals surface area contributed by atoms with Crippen molar-refractivity contribution >= 4 is 23.8 Å². The van der Waals surface area contributed by atoms with Crippen LogP contribution in [0.25, 0.3) is 0 Å². The predicted molar refractivity (Wildman–Crippen MR) is 256 cm³/mol. The molecule has 4 N–H and O–H groups in total. The number of amides is 2. The maximum Gasteiger partial charge on any atom is 0.303 e. The zero-order chi connectivity index (χ0) is 44.3. The first kappa shape index (κ1) is 59.5. The van der Waals surface area contributed by atoms with Crippen LogP contribution in [0.15, 0.2) is 24.3 Å². The Balaban J connectivity index is 0. The summed E-state index contributed by atoms with van der Waals surface area (Å²) in [6, 6.07) is 0. The molecule has 0 atom stereocenters. The second kappa shape index (κ2) is 52.5. The number of rotatable bonds is 46. The molecule has 0 unspecified atom stereocenters. The summed E-state index contributed by atoms with van der Waals surface area (Å²) in [5, 5.41) is 22.8. The Hall–Kier alpha value is -2.64. The second-order valence-corrected chi connectivity index (χ2v) is 17.2. The largest absolute Gasteiger partial charge is 0.481 e. The maximum absolute atomic E-state index is 12.1. The summed E-state index contributed by atoms with van der Waals surface area (Å²) in [5.74, 6) is -1.21. The van der Waals surface area contributed by atoms with Gasteiger partial charge in [0.25, 0.3) is 0 Å². The van der Waals surface area contributed by atoms with Gasteiger partial charge in [-0.2, -0.15) is 0 Å². The van der Waals surface area contributed by atoms with Gasteiger partial charge in [0.05, 0.1) is 0 Å². The summed E-state index contributed by atoms with van der Waals surface area (Å²) in [5.41, 5.74) is 0. The van der Waals surface area contributed by atoms with E-state index in [9.17, 15) is 19.2 Å². The van der Waals surface area contributed by atoms with E-state index in [1.807, 2.05) is 0 Å². The summed E-state index contributed by atoms with van der Waals surface area (Å²) in [6.45, 7) is 6.13. The molecule has 0 radical (unpaired) electrons. The fraction of sp³-hybridized carbons (Fsp3) is 0.846. The second-order valence-electron chi connectivity index (χ2n) is 17.2. The van der Waals surface area contributed by atoms with Crippen LogP contribution in [0.5, 0.6) is 0 Å². The molecule has 0 aliphatic heterocycles. The molecule has 0 aliphatic rings. The fourth-order valence-corrected chi connectivity index (χ4v) is 7.21. The van der Waals surface area contributed by atoms with E-state index < -0.39 is 11.9 Å². The van der Waals surface area contributed by atoms with Crippen molar-refractivity contribution in [2.75, 3.05) is 13.1 Å². The van der Waals surface area contributed by atoms with Crippen LogP contribution in [-0.2, 0) is 19.2 Å². The standard InChI is InChI=1S/C42H80N2O2.C10H18O4/c1-3-5-7-9-11-13-15-17-19-21-23-25-27-29-31-35-39-43-41(45)37-33-34-38-42(46)44-40-36-32-30-28-26-24-22-20-18-16-14-12-10-8-6-4-2;11-9(12)7-5-3-1-2-4-6-8-10(13)14/h17-20H,3-16,21-40H2,1-2H3,(H,43,45)(H,44,46);1-8H2,(H,11,12)(H,13,14)/b19-17-,20-18-;. The highest BCUT2D eigenvalue weighted by Crippen LogP contribution is 2.12. The minimum atomic E-state index is -0.740. The van der Waals surface area contributed by atoms with Gasteiger partial charge in [0, 0.05) is 38.8 Å². The van der Waals surface area contributed by atoms with E-state index >= 15 is 0 Å². The first-order chi connectivity index (χ1) is 29.3. The predicted octanol–water partition coefficient (Wildman–Crippen LogP) is 15.1. The lowest BCUT2D eigenvalue weighted by atomic mass is 10.1. The van der Waals surface area contributed by atoms with Gasteiger partial charge in [0.2, 0.25) is 11.8 Å². The molecule has 0 saturated carbocycles. The summed E-state index contributed by atoms with van der Waals surface area (Å²) in [6.07, 6.45) is 54.5. The Labute approximate surface area is 370 Å². The van der Waals surface area contributed by atoms with Crippen molar-refractivity contribution in [2.24, 2.45) is 0 Å². The molecule has 0 bridgehead atoms. The molecule has 0 spiro atoms. The molecule has 0 aliphatic carbocycles. The van der Waals surface area contributed by atoms with E-state index in [2.05, 4.69) is 48.8 Å². The summed E-state index contributed by atoms with van der Waals surface area (Å²) in [4.78, 5) is 44.4. The normalized spacial score (nSPS) is 11.2. The van der Waals surface area contributed by atoms with Crippen LogP contribution >= 0.6 is 0 Å². The highest BCUT2D eigenvalue weighted by molar-refractivity contribution is 5.77. The number of carboxylic acids is 2. The van der Waals surface area contributed by atoms with E-state index in [1.165, 1.54) is 167 Å². The number of carbonyl (C=O) groups is 4. The van der Waals surface area contributed by atoms with Gasteiger partial charge in [-0.1, -0.05) is 179 Å². The van der Waals surface area contributed by atoms with Crippen molar-refractivity contribution in [1.82, 2.24) is 10.6 Å². The average Bonchev–Trinajstić information content (AvgIpc) is 3.22. The zero-order valence-corrected chi connectivity index (χ0v) is 39.5. The molecule has 2 amide bonds. The quantitative estimate of drug-likeness (QED) is 0.0356. The molecule has 0 heterocycles. The van der Waals surface area contributed by atoms with E-state index in [0.717, 1.165) is 77.3 Å². The van der Waals surface area contributed by atoms with Crippen molar-refractivity contribution < 1.29 is 29.4 Å². The van der Waals surface area contributed by atoms with Gasteiger partial charge in [-0.25, -0.2) is 0 Å². The highest BCUT2D eigenvalue weighted by Gasteiger charge is 2.04. The van der Waals surface area contributed by atoms with Crippen LogP contribution in [-0.4, -0.2) is 47.1 Å². The average molecular weight is 847 g/mol. The van der Waals surface area contributed by atoms with Crippen LogP contribution in [0.2, 0.25) is 0 Å². The first-order valence-electron chi connectivity index (χ1n) is 25.6. The van der Waals surface area contributed by atoms with E-state index in [-0.39, 0.29) is 24.7 Å². The number of allylic oxidation sites excluding steroid dienone is 4. The third kappa shape index (κ3) is 57.5. The Kier molecular flexibility index (Phi) is 52.0. The maximum atomic E-state index is 12.1. The monoisotopic (exact) mass is 847 g/mol. The molecule has 0 aromatic heterocycles. The van der Waals surface area contributed by atoms with E-state index in [1.54, 1.807) is 0 Å². The third-order valence-electron chi connectivity index (χ3n) is 11.1. The Morgan fingerprint density at radius 3 is 0.833 bits per heavy atom. The Morgan fingerprint density at radius 1 is 0.317 bits per heavy atom. The summed E-state index contributed by atoms with van der Waals surface area (Å²) >= 11 is 0. The Morgan fingerprint density at radius 2 is 0.550 bits per heavy atom. The van der Waals surface area contributed by atoms with Gasteiger partial charge in [-0.3, -0.25) is 19.2 Å². The van der Waals surface area contributed by atoms with Gasteiger partial charge in [-0.05, 0) is 89.9 Å². The number of aliphatic carboxylic acids is 2. The fourth-order valence-electron chi connectivity index (χ4n) is 7.21. The van der Waals surface area contributed by atoms with Crippen LogP contribution in [0.3, 0.4) is 0 Å². The molecule has 0 rings (SSSR count). The molecular formula is C52H98N2O6. The minimum Gasteiger partial charge on any atom is -0.481 e. The van der Waals surface area contributed by atoms with Gasteiger partial charge in [0.1, 0.15) is 0 Å². The van der Waals surface area contributed by atoms with Gasteiger partial charge in [0.15, 0.2) is 0 Å². The van der Waals surface area contributed by atoms with Crippen molar-refractivity contribution in [3.8, 4) is 0 Å². The number of nitrogens with one attached hydrogen (secondary N) is 2. The molecule has 0 aromatic carbocycles. The Bertz CT molecular complexity index is 919. The molecule has 0 saturated heterocycles. The lowest BCUT2D eigenvalue weighted by molar-refractivity contribution is -0.138. The van der Waals surface area contributed by atoms with E-state index in [4.69, 9.17) is 10.2 Å². The number of carbonyl (C=O) groups excluding carboxylic acids is 2. The molecule has 60 heavy (non-hydrogen) atoms. The molecule has 8 nitrogen and oxygen atoms in total. The van der Waals surface area contributed by atoms with Crippen LogP contribution in [0, 0.1) is 0 Å². The SMILES string of the molecule is CCCCCCCC/C=C\CCCCCCCCNC(=O)CCCCC(=O)NCCCCCCCC/C=C\CCCCCCCC.O=C(O)CCCCCCCCC(=O)O. The van der Waals surface area contributed by atoms with Crippen LogP contribution in [0.4, 0.5) is 0 Å². The topological polar surface area (TPSA) is 133 Å². The van der Waals surface area contributed by atoms with E-state index in [0.29, 0.717) is 12.8 Å². The van der Waals surface area contributed by atoms with Crippen molar-refractivity contribution in [2.45, 2.75) is 271 Å². The van der Waals surface area contributed by atoms with Crippen LogP contribution in [0.1, 0.15) is 271 Å². The molecule has 0 aromatic rings. The van der Waals surface area contributed by atoms with Crippen molar-refractivity contribution in [1.29, 1.82) is 0 Å². The van der Waals surface area contributed by atoms with Gasteiger partial charge < -0.3 is 20.8 Å². The minimum absolute atomic E-state index is 0.136. The molecular weight excluding hydrogens is 749 g/mol. The lowest BCUT2D eigenvalue weighted by Gasteiger charge is -2.07. The van der Waals surface area contributed by atoms with Crippen LogP contribution < -0.4 is 10.6 Å². The lowest BCUT2D eigenvalue weighted by Crippen LogP contribution is -2.25. The molecule has 0 fully saturated rings. The first-order valence-corrected chi connectivity index (χ1v) is 25.6. The number of carboxylic acid groups (broad SMARTS) is 2. The smallest absolute Gasteiger partial charge is 0.303 e. The molecule has 8 heteroatoms. The summed E-state index contributed by atoms with van der Waals surface area (Å²) in [7, 11) is 0. The number of hydrogen-bond acceptors (Lipinski definition) is 4. The number of hydrogen-bond donors (Lipinski definition) is 4. The number of unbranched alkanes of at least 4 members (excludes halogenated alkanes) is 30. The molecule has 352 valence electrons. The van der Waals surface area contributed by atoms with Gasteiger partial charge in [-0.15, -0.1) is 0 Å². The highest BCUT2D eigenvalue weighted by atomic mass is 16.4. The van der Waals surface area contributed by atoms with Crippen molar-refractivity contribution in [3.05, 3.63) is 24.3 Å². The third-order valence-corrected chi connectivity index (χ3v) is 11.1.